The lowest BCUT2D eigenvalue weighted by molar-refractivity contribution is -0.115. The normalized spacial score (nSPS) is 10.1. The minimum absolute atomic E-state index is 0.362. The smallest absolute Gasteiger partial charge is 0.328 e. The van der Waals surface area contributed by atoms with Crippen molar-refractivity contribution in [2.75, 3.05) is 31.4 Å². The maximum absolute atomic E-state index is 12.4. The van der Waals surface area contributed by atoms with E-state index in [9.17, 15) is 9.59 Å². The lowest BCUT2D eigenvalue weighted by atomic mass is 10.1. The molecule has 2 aromatic rings. The Hall–Kier alpha value is -3.22. The number of nitrogens with two attached hydrogens (primary N) is 1. The minimum atomic E-state index is -0.497. The maximum atomic E-state index is 12.4. The second-order valence-electron chi connectivity index (χ2n) is 5.62. The van der Waals surface area contributed by atoms with Crippen LogP contribution in [0.25, 0.3) is 0 Å². The van der Waals surface area contributed by atoms with Crippen LogP contribution in [0.5, 0.6) is 11.5 Å². The molecule has 3 N–H and O–H groups in total. The molecule has 2 rings (SSSR count). The van der Waals surface area contributed by atoms with E-state index in [0.717, 1.165) is 10.5 Å². The Morgan fingerprint density at radius 1 is 1.08 bits per heavy atom. The van der Waals surface area contributed by atoms with Gasteiger partial charge in [-0.2, -0.15) is 0 Å². The molecule has 0 aromatic heterocycles. The molecule has 0 atom stereocenters. The van der Waals surface area contributed by atoms with Gasteiger partial charge in [-0.05, 0) is 42.3 Å². The molecule has 0 heterocycles. The van der Waals surface area contributed by atoms with Gasteiger partial charge >= 0.3 is 6.03 Å². The number of benzene rings is 2. The molecule has 3 amide bonds. The predicted octanol–water partition coefficient (Wildman–Crippen LogP) is 2.59. The van der Waals surface area contributed by atoms with Gasteiger partial charge in [0.1, 0.15) is 0 Å². The van der Waals surface area contributed by atoms with Gasteiger partial charge in [0.15, 0.2) is 11.5 Å². The van der Waals surface area contributed by atoms with Crippen LogP contribution in [-0.2, 0) is 11.2 Å². The third-order valence-electron chi connectivity index (χ3n) is 3.78. The molecule has 138 valence electrons. The van der Waals surface area contributed by atoms with Crippen molar-refractivity contribution in [2.24, 2.45) is 0 Å². The van der Waals surface area contributed by atoms with Crippen molar-refractivity contribution in [3.05, 3.63) is 48.0 Å². The number of amides is 3. The van der Waals surface area contributed by atoms with Crippen molar-refractivity contribution >= 4 is 23.3 Å². The van der Waals surface area contributed by atoms with E-state index in [-0.39, 0.29) is 5.91 Å². The summed E-state index contributed by atoms with van der Waals surface area (Å²) in [6.45, 7) is 1.69. The minimum Gasteiger partial charge on any atom is -0.493 e. The second-order valence-corrected chi connectivity index (χ2v) is 5.62. The van der Waals surface area contributed by atoms with Crippen molar-refractivity contribution in [1.29, 1.82) is 0 Å². The molecule has 0 saturated carbocycles. The first kappa shape index (κ1) is 19.1. The number of nitrogens with zero attached hydrogens (tertiary/aromatic N) is 1. The average Bonchev–Trinajstić information content (AvgIpc) is 2.61. The van der Waals surface area contributed by atoms with Gasteiger partial charge in [-0.25, -0.2) is 9.69 Å². The van der Waals surface area contributed by atoms with Gasteiger partial charge in [0.05, 0.1) is 19.9 Å². The molecule has 26 heavy (non-hydrogen) atoms. The Balaban J connectivity index is 2.01. The van der Waals surface area contributed by atoms with E-state index >= 15 is 0 Å². The predicted molar refractivity (Wildman–Crippen MR) is 101 cm³/mol. The fraction of sp³-hybridized carbons (Fsp3) is 0.263. The van der Waals surface area contributed by atoms with E-state index in [0.29, 0.717) is 35.8 Å². The first-order chi connectivity index (χ1) is 12.5. The maximum Gasteiger partial charge on any atom is 0.328 e. The van der Waals surface area contributed by atoms with E-state index in [4.69, 9.17) is 15.2 Å². The van der Waals surface area contributed by atoms with Gasteiger partial charge in [0.2, 0.25) is 5.91 Å². The highest BCUT2D eigenvalue weighted by Crippen LogP contribution is 2.27. The standard InChI is InChI=1S/C19H23N3O4/c1-13(23)22(16-6-4-5-15(20)12-16)19(24)21-10-9-14-7-8-17(25-2)18(11-14)26-3/h4-8,11-12H,9-10,20H2,1-3H3,(H,21,24). The van der Waals surface area contributed by atoms with Crippen molar-refractivity contribution in [3.63, 3.8) is 0 Å². The van der Waals surface area contributed by atoms with E-state index in [1.54, 1.807) is 38.5 Å². The van der Waals surface area contributed by atoms with Crippen LogP contribution in [0.3, 0.4) is 0 Å². The molecule has 2 aromatic carbocycles. The summed E-state index contributed by atoms with van der Waals surface area (Å²) in [6, 6.07) is 11.7. The van der Waals surface area contributed by atoms with Crippen LogP contribution in [0.1, 0.15) is 12.5 Å². The molecule has 0 spiro atoms. The number of carbonyl (C=O) groups is 2. The van der Waals surface area contributed by atoms with Gasteiger partial charge in [-0.1, -0.05) is 12.1 Å². The molecule has 0 aliphatic carbocycles. The highest BCUT2D eigenvalue weighted by Gasteiger charge is 2.20. The molecule has 0 aliphatic heterocycles. The summed E-state index contributed by atoms with van der Waals surface area (Å²) in [5.74, 6) is 0.880. The zero-order valence-corrected chi connectivity index (χ0v) is 15.1. The highest BCUT2D eigenvalue weighted by molar-refractivity contribution is 6.13. The lowest BCUT2D eigenvalue weighted by Crippen LogP contribution is -2.43. The number of urea groups is 1. The van der Waals surface area contributed by atoms with Crippen molar-refractivity contribution in [1.82, 2.24) is 5.32 Å². The second kappa shape index (κ2) is 8.75. The molecule has 0 bridgehead atoms. The Labute approximate surface area is 152 Å². The number of anilines is 2. The zero-order chi connectivity index (χ0) is 19.1. The number of nitrogens with one attached hydrogen (secondary N) is 1. The van der Waals surface area contributed by atoms with Crippen LogP contribution in [0.2, 0.25) is 0 Å². The Morgan fingerprint density at radius 3 is 2.42 bits per heavy atom. The summed E-state index contributed by atoms with van der Waals surface area (Å²) in [4.78, 5) is 25.4. The number of hydrogen-bond donors (Lipinski definition) is 2. The van der Waals surface area contributed by atoms with Gasteiger partial charge in [-0.15, -0.1) is 0 Å². The fourth-order valence-electron chi connectivity index (χ4n) is 2.53. The molecule has 0 saturated heterocycles. The van der Waals surface area contributed by atoms with Gasteiger partial charge < -0.3 is 20.5 Å². The van der Waals surface area contributed by atoms with Crippen LogP contribution < -0.4 is 25.4 Å². The van der Waals surface area contributed by atoms with Crippen LogP contribution >= 0.6 is 0 Å². The van der Waals surface area contributed by atoms with E-state index in [1.807, 2.05) is 18.2 Å². The van der Waals surface area contributed by atoms with Crippen LogP contribution in [-0.4, -0.2) is 32.7 Å². The number of methoxy groups -OCH3 is 2. The van der Waals surface area contributed by atoms with Crippen LogP contribution in [0, 0.1) is 0 Å². The fourth-order valence-corrected chi connectivity index (χ4v) is 2.53. The molecule has 0 fully saturated rings. The summed E-state index contributed by atoms with van der Waals surface area (Å²) in [5.41, 5.74) is 7.62. The SMILES string of the molecule is COc1ccc(CCNC(=O)N(C(C)=O)c2cccc(N)c2)cc1OC. The topological polar surface area (TPSA) is 93.9 Å². The Kier molecular flexibility index (Phi) is 6.43. The summed E-state index contributed by atoms with van der Waals surface area (Å²) < 4.78 is 10.5. The quantitative estimate of drug-likeness (QED) is 0.775. The third-order valence-corrected chi connectivity index (χ3v) is 3.78. The van der Waals surface area contributed by atoms with Crippen molar-refractivity contribution in [3.8, 4) is 11.5 Å². The third kappa shape index (κ3) is 4.66. The first-order valence-corrected chi connectivity index (χ1v) is 8.11. The number of imide groups is 1. The largest absolute Gasteiger partial charge is 0.493 e. The molecule has 7 nitrogen and oxygen atoms in total. The first-order valence-electron chi connectivity index (χ1n) is 8.11. The zero-order valence-electron chi connectivity index (χ0n) is 15.1. The van der Waals surface area contributed by atoms with Gasteiger partial charge in [0.25, 0.3) is 0 Å². The monoisotopic (exact) mass is 357 g/mol. The summed E-state index contributed by atoms with van der Waals surface area (Å²) in [7, 11) is 3.14. The van der Waals surface area contributed by atoms with Crippen LogP contribution in [0.15, 0.2) is 42.5 Å². The van der Waals surface area contributed by atoms with E-state index < -0.39 is 6.03 Å². The molecule has 0 unspecified atom stereocenters. The van der Waals surface area contributed by atoms with E-state index in [2.05, 4.69) is 5.32 Å². The molecular weight excluding hydrogens is 334 g/mol. The summed E-state index contributed by atoms with van der Waals surface area (Å²) >= 11 is 0. The Bertz CT molecular complexity index is 792. The summed E-state index contributed by atoms with van der Waals surface area (Å²) in [6.07, 6.45) is 0.578. The number of ether oxygens (including phenoxy) is 2. The van der Waals surface area contributed by atoms with Gasteiger partial charge in [0, 0.05) is 19.2 Å². The van der Waals surface area contributed by atoms with Crippen molar-refractivity contribution in [2.45, 2.75) is 13.3 Å². The number of nitrogen functional groups attached to an aromatic ring is 1. The number of hydrogen-bond acceptors (Lipinski definition) is 5. The number of rotatable bonds is 6. The molecular formula is C19H23N3O4. The molecule has 7 heteroatoms. The van der Waals surface area contributed by atoms with Crippen molar-refractivity contribution < 1.29 is 19.1 Å². The van der Waals surface area contributed by atoms with Crippen LogP contribution in [0.4, 0.5) is 16.2 Å². The highest BCUT2D eigenvalue weighted by atomic mass is 16.5. The van der Waals surface area contributed by atoms with Gasteiger partial charge in [-0.3, -0.25) is 4.79 Å². The lowest BCUT2D eigenvalue weighted by Gasteiger charge is -2.20. The molecule has 0 radical (unpaired) electrons. The Morgan fingerprint density at radius 2 is 1.81 bits per heavy atom. The van der Waals surface area contributed by atoms with E-state index in [1.165, 1.54) is 6.92 Å². The average molecular weight is 357 g/mol. The number of carbonyl (C=O) groups excluding carboxylic acids is 2. The summed E-state index contributed by atoms with van der Waals surface area (Å²) in [5, 5.41) is 2.75. The molecule has 0 aliphatic rings.